The molecule has 106 valence electrons. The van der Waals surface area contributed by atoms with E-state index in [1.165, 1.54) is 12.1 Å². The SMILES string of the molecule is CCCCC(=O)Oc1cc2c(C)cc(=O)oc2cc1Cl. The fourth-order valence-corrected chi connectivity index (χ4v) is 2.09. The summed E-state index contributed by atoms with van der Waals surface area (Å²) in [5, 5.41) is 0.948. The Morgan fingerprint density at radius 2 is 2.10 bits per heavy atom. The van der Waals surface area contributed by atoms with Crippen LogP contribution in [0.4, 0.5) is 0 Å². The van der Waals surface area contributed by atoms with Crippen LogP contribution in [0.25, 0.3) is 11.0 Å². The highest BCUT2D eigenvalue weighted by atomic mass is 35.5. The molecule has 0 aliphatic carbocycles. The molecular formula is C15H15ClO4. The summed E-state index contributed by atoms with van der Waals surface area (Å²) in [7, 11) is 0. The lowest BCUT2D eigenvalue weighted by molar-refractivity contribution is -0.134. The Morgan fingerprint density at radius 1 is 1.35 bits per heavy atom. The molecule has 5 heteroatoms. The quantitative estimate of drug-likeness (QED) is 0.488. The molecule has 0 bridgehead atoms. The Labute approximate surface area is 121 Å². The normalized spacial score (nSPS) is 10.8. The van der Waals surface area contributed by atoms with Crippen molar-refractivity contribution in [3.05, 3.63) is 39.2 Å². The predicted molar refractivity (Wildman–Crippen MR) is 77.4 cm³/mol. The van der Waals surface area contributed by atoms with Crippen LogP contribution in [-0.4, -0.2) is 5.97 Å². The maximum atomic E-state index is 11.6. The predicted octanol–water partition coefficient (Wildman–Crippen LogP) is 3.85. The third kappa shape index (κ3) is 3.20. The number of carbonyl (C=O) groups excluding carboxylic acids is 1. The van der Waals surface area contributed by atoms with E-state index < -0.39 is 5.63 Å². The molecule has 0 saturated heterocycles. The molecule has 0 aliphatic heterocycles. The summed E-state index contributed by atoms with van der Waals surface area (Å²) in [4.78, 5) is 22.9. The Balaban J connectivity index is 2.37. The van der Waals surface area contributed by atoms with E-state index in [1.54, 1.807) is 13.0 Å². The zero-order valence-corrected chi connectivity index (χ0v) is 12.1. The fourth-order valence-electron chi connectivity index (χ4n) is 1.89. The lowest BCUT2D eigenvalue weighted by Gasteiger charge is -2.08. The minimum absolute atomic E-state index is 0.246. The Morgan fingerprint density at radius 3 is 2.80 bits per heavy atom. The van der Waals surface area contributed by atoms with E-state index in [0.717, 1.165) is 18.4 Å². The van der Waals surface area contributed by atoms with E-state index in [4.69, 9.17) is 20.8 Å². The van der Waals surface area contributed by atoms with Crippen molar-refractivity contribution in [2.75, 3.05) is 0 Å². The zero-order chi connectivity index (χ0) is 14.7. The van der Waals surface area contributed by atoms with Crippen LogP contribution in [-0.2, 0) is 4.79 Å². The standard InChI is InChI=1S/C15H15ClO4/c1-3-4-5-14(17)20-13-7-10-9(2)6-15(18)19-12(10)8-11(13)16/h6-8H,3-5H2,1-2H3. The highest BCUT2D eigenvalue weighted by Gasteiger charge is 2.12. The van der Waals surface area contributed by atoms with Crippen molar-refractivity contribution in [1.82, 2.24) is 0 Å². The fraction of sp³-hybridized carbons (Fsp3) is 0.333. The van der Waals surface area contributed by atoms with Crippen LogP contribution in [0.3, 0.4) is 0 Å². The first-order chi connectivity index (χ1) is 9.51. The molecule has 0 fully saturated rings. The summed E-state index contributed by atoms with van der Waals surface area (Å²) < 4.78 is 10.3. The highest BCUT2D eigenvalue weighted by molar-refractivity contribution is 6.32. The van der Waals surface area contributed by atoms with E-state index >= 15 is 0 Å². The minimum atomic E-state index is -0.432. The van der Waals surface area contributed by atoms with Crippen LogP contribution in [0.1, 0.15) is 31.7 Å². The van der Waals surface area contributed by atoms with Gasteiger partial charge >= 0.3 is 11.6 Å². The van der Waals surface area contributed by atoms with Crippen LogP contribution < -0.4 is 10.4 Å². The van der Waals surface area contributed by atoms with Gasteiger partial charge in [0.15, 0.2) is 0 Å². The van der Waals surface area contributed by atoms with Gasteiger partial charge < -0.3 is 9.15 Å². The molecule has 0 N–H and O–H groups in total. The Hall–Kier alpha value is -1.81. The van der Waals surface area contributed by atoms with Gasteiger partial charge in [0.2, 0.25) is 0 Å². The number of hydrogen-bond donors (Lipinski definition) is 0. The van der Waals surface area contributed by atoms with Gasteiger partial charge in [0.05, 0.1) is 5.02 Å². The van der Waals surface area contributed by atoms with Gasteiger partial charge in [-0.3, -0.25) is 4.79 Å². The van der Waals surface area contributed by atoms with Crippen molar-refractivity contribution in [3.8, 4) is 5.75 Å². The minimum Gasteiger partial charge on any atom is -0.425 e. The molecule has 0 unspecified atom stereocenters. The van der Waals surface area contributed by atoms with E-state index in [9.17, 15) is 9.59 Å². The van der Waals surface area contributed by atoms with E-state index in [1.807, 2.05) is 6.92 Å². The first kappa shape index (κ1) is 14.6. The molecule has 1 heterocycles. The molecule has 1 aromatic carbocycles. The lowest BCUT2D eigenvalue weighted by atomic mass is 10.1. The monoisotopic (exact) mass is 294 g/mol. The van der Waals surface area contributed by atoms with Crippen molar-refractivity contribution in [2.24, 2.45) is 0 Å². The van der Waals surface area contributed by atoms with Crippen LogP contribution in [0.2, 0.25) is 5.02 Å². The molecule has 20 heavy (non-hydrogen) atoms. The number of aryl methyl sites for hydroxylation is 1. The number of carbonyl (C=O) groups is 1. The number of fused-ring (bicyclic) bond motifs is 1. The number of ether oxygens (including phenoxy) is 1. The summed E-state index contributed by atoms with van der Waals surface area (Å²) in [5.41, 5.74) is 0.700. The molecule has 0 spiro atoms. The van der Waals surface area contributed by atoms with E-state index in [2.05, 4.69) is 0 Å². The van der Waals surface area contributed by atoms with E-state index in [0.29, 0.717) is 17.4 Å². The largest absolute Gasteiger partial charge is 0.425 e. The highest BCUT2D eigenvalue weighted by Crippen LogP contribution is 2.31. The Kier molecular flexibility index (Phi) is 4.45. The van der Waals surface area contributed by atoms with Crippen molar-refractivity contribution in [2.45, 2.75) is 33.1 Å². The smallest absolute Gasteiger partial charge is 0.336 e. The van der Waals surface area contributed by atoms with Crippen molar-refractivity contribution < 1.29 is 13.9 Å². The summed E-state index contributed by atoms with van der Waals surface area (Å²) in [6, 6.07) is 4.51. The van der Waals surface area contributed by atoms with Gasteiger partial charge in [-0.15, -0.1) is 0 Å². The molecular weight excluding hydrogens is 280 g/mol. The van der Waals surface area contributed by atoms with Gasteiger partial charge in [0.25, 0.3) is 0 Å². The number of hydrogen-bond acceptors (Lipinski definition) is 4. The number of rotatable bonds is 4. The molecule has 2 aromatic rings. The molecule has 0 atom stereocenters. The average molecular weight is 295 g/mol. The summed E-state index contributed by atoms with van der Waals surface area (Å²) in [5.74, 6) is -0.0274. The second-order valence-corrected chi connectivity index (χ2v) is 5.01. The average Bonchev–Trinajstić information content (AvgIpc) is 2.38. The number of halogens is 1. The van der Waals surface area contributed by atoms with Crippen LogP contribution in [0.15, 0.2) is 27.4 Å². The van der Waals surface area contributed by atoms with Gasteiger partial charge in [0, 0.05) is 23.9 Å². The summed E-state index contributed by atoms with van der Waals surface area (Å²) in [6.45, 7) is 3.79. The van der Waals surface area contributed by atoms with Crippen LogP contribution in [0.5, 0.6) is 5.75 Å². The summed E-state index contributed by atoms with van der Waals surface area (Å²) >= 11 is 6.05. The van der Waals surface area contributed by atoms with Gasteiger partial charge in [-0.05, 0) is 25.0 Å². The van der Waals surface area contributed by atoms with Crippen molar-refractivity contribution in [3.63, 3.8) is 0 Å². The number of benzene rings is 1. The van der Waals surface area contributed by atoms with Gasteiger partial charge in [-0.1, -0.05) is 24.9 Å². The molecule has 0 radical (unpaired) electrons. The molecule has 0 saturated carbocycles. The van der Waals surface area contributed by atoms with Gasteiger partial charge in [-0.2, -0.15) is 0 Å². The van der Waals surface area contributed by atoms with Crippen molar-refractivity contribution >= 4 is 28.5 Å². The first-order valence-corrected chi connectivity index (χ1v) is 6.83. The maximum absolute atomic E-state index is 11.6. The lowest BCUT2D eigenvalue weighted by Crippen LogP contribution is -2.08. The van der Waals surface area contributed by atoms with Gasteiger partial charge in [0.1, 0.15) is 11.3 Å². The van der Waals surface area contributed by atoms with Crippen LogP contribution in [0, 0.1) is 6.92 Å². The number of esters is 1. The molecule has 1 aromatic heterocycles. The maximum Gasteiger partial charge on any atom is 0.336 e. The first-order valence-electron chi connectivity index (χ1n) is 6.46. The zero-order valence-electron chi connectivity index (χ0n) is 11.4. The molecule has 0 aliphatic rings. The third-order valence-electron chi connectivity index (χ3n) is 2.96. The number of unbranched alkanes of at least 4 members (excludes halogenated alkanes) is 1. The topological polar surface area (TPSA) is 56.5 Å². The molecule has 4 nitrogen and oxygen atoms in total. The third-order valence-corrected chi connectivity index (χ3v) is 3.26. The second-order valence-electron chi connectivity index (χ2n) is 4.60. The molecule has 0 amide bonds. The van der Waals surface area contributed by atoms with E-state index in [-0.39, 0.29) is 16.7 Å². The summed E-state index contributed by atoms with van der Waals surface area (Å²) in [6.07, 6.45) is 2.05. The molecule has 2 rings (SSSR count). The van der Waals surface area contributed by atoms with Gasteiger partial charge in [-0.25, -0.2) is 4.79 Å². The van der Waals surface area contributed by atoms with Crippen molar-refractivity contribution in [1.29, 1.82) is 0 Å². The second kappa shape index (κ2) is 6.09. The Bertz CT molecular complexity index is 703. The van der Waals surface area contributed by atoms with Crippen LogP contribution >= 0.6 is 11.6 Å².